The zero-order valence-corrected chi connectivity index (χ0v) is 25.7. The molecule has 7 nitrogen and oxygen atoms in total. The van der Waals surface area contributed by atoms with Crippen molar-refractivity contribution in [3.05, 3.63) is 131 Å². The van der Waals surface area contributed by atoms with E-state index in [4.69, 9.17) is 14.2 Å². The summed E-state index contributed by atoms with van der Waals surface area (Å²) in [5.41, 5.74) is 4.77. The molecule has 3 atom stereocenters. The topological polar surface area (TPSA) is 68.3 Å². The first kappa shape index (κ1) is 29.1. The number of hydrogen-bond acceptors (Lipinski definition) is 6. The minimum Gasteiger partial charge on any atom is -0.493 e. The predicted octanol–water partition coefficient (Wildman–Crippen LogP) is 6.57. The number of rotatable bonds is 8. The number of nitrogens with zero attached hydrogens (tertiary/aromatic N) is 2. The van der Waals surface area contributed by atoms with E-state index in [9.17, 15) is 9.59 Å². The Morgan fingerprint density at radius 3 is 2.22 bits per heavy atom. The highest BCUT2D eigenvalue weighted by atomic mass is 16.6. The third-order valence-corrected chi connectivity index (χ3v) is 9.67. The Morgan fingerprint density at radius 2 is 1.53 bits per heavy atom. The Balaban J connectivity index is 1.22. The first-order valence-corrected chi connectivity index (χ1v) is 15.7. The fourth-order valence-corrected chi connectivity index (χ4v) is 7.38. The molecule has 2 fully saturated rings. The van der Waals surface area contributed by atoms with E-state index in [2.05, 4.69) is 41.3 Å². The third kappa shape index (κ3) is 5.57. The van der Waals surface area contributed by atoms with Gasteiger partial charge in [0.15, 0.2) is 11.5 Å². The fraction of sp³-hybridized carbons (Fsp3) is 0.316. The number of carbonyl (C=O) groups excluding carboxylic acids is 2. The SMILES string of the molecule is COc1ccc([C@@H]2CN(Cc3ccccc3)CC2(C)C(=O)N2C(=O)OC[C@H]2c2ccccc2)cc1OC1Cc2ccccc2C1. The summed E-state index contributed by atoms with van der Waals surface area (Å²) in [6, 6.07) is 34.0. The number of hydrogen-bond donors (Lipinski definition) is 0. The predicted molar refractivity (Wildman–Crippen MR) is 171 cm³/mol. The summed E-state index contributed by atoms with van der Waals surface area (Å²) in [5.74, 6) is 0.914. The molecule has 4 aromatic carbocycles. The van der Waals surface area contributed by atoms with Gasteiger partial charge in [0.25, 0.3) is 0 Å². The van der Waals surface area contributed by atoms with Crippen molar-refractivity contribution in [2.75, 3.05) is 26.8 Å². The Morgan fingerprint density at radius 1 is 0.867 bits per heavy atom. The molecule has 0 aromatic heterocycles. The lowest BCUT2D eigenvalue weighted by molar-refractivity contribution is -0.139. The number of imide groups is 1. The zero-order valence-electron chi connectivity index (χ0n) is 25.7. The molecule has 7 heteroatoms. The van der Waals surface area contributed by atoms with E-state index in [0.29, 0.717) is 31.1 Å². The number of cyclic esters (lactones) is 1. The molecule has 0 bridgehead atoms. The average molecular weight is 603 g/mol. The van der Waals surface area contributed by atoms with Crippen LogP contribution in [-0.2, 0) is 28.9 Å². The van der Waals surface area contributed by atoms with Crippen LogP contribution < -0.4 is 9.47 Å². The molecule has 0 N–H and O–H groups in total. The normalized spacial score (nSPS) is 23.2. The highest BCUT2D eigenvalue weighted by molar-refractivity contribution is 5.97. The third-order valence-electron chi connectivity index (χ3n) is 9.67. The molecule has 230 valence electrons. The molecule has 0 radical (unpaired) electrons. The monoisotopic (exact) mass is 602 g/mol. The van der Waals surface area contributed by atoms with Crippen LogP contribution in [0.4, 0.5) is 4.79 Å². The molecule has 0 spiro atoms. The Labute approximate surface area is 264 Å². The Kier molecular flexibility index (Phi) is 7.80. The van der Waals surface area contributed by atoms with E-state index in [0.717, 1.165) is 24.0 Å². The summed E-state index contributed by atoms with van der Waals surface area (Å²) in [5, 5.41) is 0. The maximum absolute atomic E-state index is 14.7. The highest BCUT2D eigenvalue weighted by Gasteiger charge is 2.54. The molecule has 2 aliphatic heterocycles. The van der Waals surface area contributed by atoms with Gasteiger partial charge in [0.2, 0.25) is 5.91 Å². The van der Waals surface area contributed by atoms with E-state index in [1.807, 2.05) is 73.7 Å². The average Bonchev–Trinajstić information content (AvgIpc) is 3.76. The van der Waals surface area contributed by atoms with Crippen molar-refractivity contribution in [2.24, 2.45) is 5.41 Å². The van der Waals surface area contributed by atoms with Crippen LogP contribution in [0.2, 0.25) is 0 Å². The molecule has 7 rings (SSSR count). The second kappa shape index (κ2) is 12.1. The van der Waals surface area contributed by atoms with Crippen molar-refractivity contribution in [2.45, 2.75) is 44.4 Å². The molecule has 1 unspecified atom stereocenters. The van der Waals surface area contributed by atoms with E-state index >= 15 is 0 Å². The van der Waals surface area contributed by atoms with Gasteiger partial charge in [0, 0.05) is 38.4 Å². The summed E-state index contributed by atoms with van der Waals surface area (Å²) in [7, 11) is 1.65. The van der Waals surface area contributed by atoms with Gasteiger partial charge in [-0.15, -0.1) is 0 Å². The fourth-order valence-electron chi connectivity index (χ4n) is 7.38. The van der Waals surface area contributed by atoms with E-state index in [1.54, 1.807) is 7.11 Å². The number of ether oxygens (including phenoxy) is 3. The van der Waals surface area contributed by atoms with Crippen LogP contribution in [0.15, 0.2) is 103 Å². The van der Waals surface area contributed by atoms with E-state index in [1.165, 1.54) is 21.6 Å². The molecular formula is C38H38N2O5. The second-order valence-electron chi connectivity index (χ2n) is 12.6. The van der Waals surface area contributed by atoms with Gasteiger partial charge >= 0.3 is 6.09 Å². The number of amides is 2. The smallest absolute Gasteiger partial charge is 0.417 e. The summed E-state index contributed by atoms with van der Waals surface area (Å²) in [6.45, 7) is 3.99. The summed E-state index contributed by atoms with van der Waals surface area (Å²) >= 11 is 0. The van der Waals surface area contributed by atoms with Crippen LogP contribution >= 0.6 is 0 Å². The molecule has 4 aromatic rings. The molecule has 1 aliphatic carbocycles. The lowest BCUT2D eigenvalue weighted by Crippen LogP contribution is -2.47. The quantitative estimate of drug-likeness (QED) is 0.227. The maximum Gasteiger partial charge on any atom is 0.417 e. The summed E-state index contributed by atoms with van der Waals surface area (Å²) in [4.78, 5) is 31.5. The summed E-state index contributed by atoms with van der Waals surface area (Å²) < 4.78 is 17.8. The molecule has 2 heterocycles. The minimum absolute atomic E-state index is 0.00345. The van der Waals surface area contributed by atoms with Crippen molar-refractivity contribution >= 4 is 12.0 Å². The van der Waals surface area contributed by atoms with Crippen molar-refractivity contribution in [1.82, 2.24) is 9.80 Å². The van der Waals surface area contributed by atoms with Gasteiger partial charge in [-0.25, -0.2) is 9.69 Å². The first-order chi connectivity index (χ1) is 21.9. The van der Waals surface area contributed by atoms with Gasteiger partial charge < -0.3 is 14.2 Å². The van der Waals surface area contributed by atoms with Gasteiger partial charge in [-0.1, -0.05) is 91.0 Å². The van der Waals surface area contributed by atoms with Gasteiger partial charge in [-0.2, -0.15) is 0 Å². The van der Waals surface area contributed by atoms with E-state index < -0.39 is 17.6 Å². The number of benzene rings is 4. The number of fused-ring (bicyclic) bond motifs is 1. The van der Waals surface area contributed by atoms with Crippen LogP contribution in [-0.4, -0.2) is 54.7 Å². The number of carbonyl (C=O) groups is 2. The second-order valence-corrected chi connectivity index (χ2v) is 12.6. The molecule has 0 saturated carbocycles. The van der Waals surface area contributed by atoms with Gasteiger partial charge in [0.05, 0.1) is 12.5 Å². The molecule has 2 saturated heterocycles. The molecule has 2 amide bonds. The van der Waals surface area contributed by atoms with Crippen molar-refractivity contribution in [3.8, 4) is 11.5 Å². The standard InChI is InChI=1S/C38H38N2O5/c1-38(36(41)40-33(24-44-37(40)42)27-13-7-4-8-14-27)25-39(22-26-11-5-3-6-12-26)23-32(38)30-17-18-34(43-2)35(21-30)45-31-19-28-15-9-10-16-29(28)20-31/h3-18,21,31-33H,19-20,22-25H2,1-2H3/t32-,33-,38?/m0/s1. The highest BCUT2D eigenvalue weighted by Crippen LogP contribution is 2.48. The molecule has 3 aliphatic rings. The van der Waals surface area contributed by atoms with Gasteiger partial charge in [-0.05, 0) is 46.9 Å². The van der Waals surface area contributed by atoms with Crippen LogP contribution in [0.1, 0.15) is 46.7 Å². The summed E-state index contributed by atoms with van der Waals surface area (Å²) in [6.07, 6.45) is 1.09. The lowest BCUT2D eigenvalue weighted by atomic mass is 9.74. The van der Waals surface area contributed by atoms with Crippen molar-refractivity contribution in [3.63, 3.8) is 0 Å². The Hall–Kier alpha value is -4.62. The lowest BCUT2D eigenvalue weighted by Gasteiger charge is -2.34. The number of likely N-dealkylation sites (tertiary alicyclic amines) is 1. The molecular weight excluding hydrogens is 564 g/mol. The van der Waals surface area contributed by atoms with Crippen LogP contribution in [0, 0.1) is 5.41 Å². The van der Waals surface area contributed by atoms with Crippen LogP contribution in [0.3, 0.4) is 0 Å². The van der Waals surface area contributed by atoms with Crippen molar-refractivity contribution in [1.29, 1.82) is 0 Å². The van der Waals surface area contributed by atoms with Gasteiger partial charge in [0.1, 0.15) is 18.8 Å². The van der Waals surface area contributed by atoms with Crippen LogP contribution in [0.25, 0.3) is 0 Å². The Bertz CT molecular complexity index is 1670. The van der Waals surface area contributed by atoms with Gasteiger partial charge in [-0.3, -0.25) is 9.69 Å². The van der Waals surface area contributed by atoms with E-state index in [-0.39, 0.29) is 24.5 Å². The number of methoxy groups -OCH3 is 1. The first-order valence-electron chi connectivity index (χ1n) is 15.7. The largest absolute Gasteiger partial charge is 0.493 e. The molecule has 45 heavy (non-hydrogen) atoms. The zero-order chi connectivity index (χ0) is 31.0. The van der Waals surface area contributed by atoms with Crippen molar-refractivity contribution < 1.29 is 23.8 Å². The maximum atomic E-state index is 14.7. The minimum atomic E-state index is -0.902. The van der Waals surface area contributed by atoms with Crippen LogP contribution in [0.5, 0.6) is 11.5 Å².